The molecule has 5 atom stereocenters. The molecule has 0 N–H and O–H groups in total. The molecule has 2 nitrogen and oxygen atoms in total. The normalized spacial score (nSPS) is 36.4. The lowest BCUT2D eigenvalue weighted by Gasteiger charge is -2.42. The van der Waals surface area contributed by atoms with E-state index < -0.39 is 0 Å². The highest BCUT2D eigenvalue weighted by Crippen LogP contribution is 2.55. The number of hydrogen-bond acceptors (Lipinski definition) is 2. The zero-order valence-electron chi connectivity index (χ0n) is 14.9. The van der Waals surface area contributed by atoms with Crippen molar-refractivity contribution >= 4 is 5.78 Å². The predicted octanol–water partition coefficient (Wildman–Crippen LogP) is 4.86. The van der Waals surface area contributed by atoms with Crippen molar-refractivity contribution in [2.45, 2.75) is 79.8 Å². The van der Waals surface area contributed by atoms with Crippen LogP contribution in [0.2, 0.25) is 0 Å². The summed E-state index contributed by atoms with van der Waals surface area (Å²) in [5.74, 6) is 1.93. The lowest BCUT2D eigenvalue weighted by Crippen LogP contribution is -2.41. The van der Waals surface area contributed by atoms with E-state index in [0.717, 1.165) is 32.3 Å². The molecule has 2 rings (SSSR count). The van der Waals surface area contributed by atoms with Crippen molar-refractivity contribution in [3.63, 3.8) is 0 Å². The molecule has 2 aliphatic carbocycles. The number of Topliss-reactive ketones (excluding diaryl/α,β-unsaturated/α-hetero) is 1. The van der Waals surface area contributed by atoms with Crippen LogP contribution in [0.1, 0.15) is 73.6 Å². The van der Waals surface area contributed by atoms with Gasteiger partial charge in [-0.2, -0.15) is 0 Å². The SMILES string of the molecule is CC(OCC(C)C(C)(C)C)C1CCC2C(=O)CCCC21C. The highest BCUT2D eigenvalue weighted by Gasteiger charge is 2.52. The monoisotopic (exact) mass is 294 g/mol. The molecule has 2 saturated carbocycles. The van der Waals surface area contributed by atoms with Crippen molar-refractivity contribution in [3.8, 4) is 0 Å². The van der Waals surface area contributed by atoms with E-state index in [4.69, 9.17) is 4.74 Å². The van der Waals surface area contributed by atoms with Gasteiger partial charge in [-0.25, -0.2) is 0 Å². The Morgan fingerprint density at radius 3 is 2.57 bits per heavy atom. The van der Waals surface area contributed by atoms with E-state index in [2.05, 4.69) is 41.5 Å². The van der Waals surface area contributed by atoms with Gasteiger partial charge in [-0.3, -0.25) is 4.79 Å². The Morgan fingerprint density at radius 1 is 1.29 bits per heavy atom. The summed E-state index contributed by atoms with van der Waals surface area (Å²) in [6.07, 6.45) is 5.61. The summed E-state index contributed by atoms with van der Waals surface area (Å²) in [6, 6.07) is 0. The van der Waals surface area contributed by atoms with Gasteiger partial charge in [-0.15, -0.1) is 0 Å². The molecule has 0 aromatic heterocycles. The van der Waals surface area contributed by atoms with Gasteiger partial charge in [0, 0.05) is 18.9 Å². The Labute approximate surface area is 131 Å². The summed E-state index contributed by atoms with van der Waals surface area (Å²) < 4.78 is 6.25. The number of fused-ring (bicyclic) bond motifs is 1. The average molecular weight is 294 g/mol. The molecule has 5 unspecified atom stereocenters. The second-order valence-electron chi connectivity index (χ2n) is 8.87. The maximum Gasteiger partial charge on any atom is 0.136 e. The van der Waals surface area contributed by atoms with Crippen LogP contribution in [0.15, 0.2) is 0 Å². The number of rotatable bonds is 4. The van der Waals surface area contributed by atoms with Crippen LogP contribution in [0.3, 0.4) is 0 Å². The molecule has 122 valence electrons. The molecule has 2 aliphatic rings. The van der Waals surface area contributed by atoms with E-state index in [1.165, 1.54) is 6.42 Å². The number of ether oxygens (including phenoxy) is 1. The molecular weight excluding hydrogens is 260 g/mol. The molecule has 0 bridgehead atoms. The highest BCUT2D eigenvalue weighted by atomic mass is 16.5. The highest BCUT2D eigenvalue weighted by molar-refractivity contribution is 5.83. The van der Waals surface area contributed by atoms with E-state index >= 15 is 0 Å². The first-order valence-electron chi connectivity index (χ1n) is 8.80. The molecule has 2 heteroatoms. The van der Waals surface area contributed by atoms with Crippen LogP contribution < -0.4 is 0 Å². The number of carbonyl (C=O) groups is 1. The van der Waals surface area contributed by atoms with E-state index in [9.17, 15) is 4.79 Å². The number of hydrogen-bond donors (Lipinski definition) is 0. The average Bonchev–Trinajstić information content (AvgIpc) is 2.73. The molecule has 0 radical (unpaired) electrons. The Morgan fingerprint density at radius 2 is 1.95 bits per heavy atom. The van der Waals surface area contributed by atoms with Gasteiger partial charge in [-0.05, 0) is 55.3 Å². The lowest BCUT2D eigenvalue weighted by molar-refractivity contribution is -0.131. The Balaban J connectivity index is 1.97. The Hall–Kier alpha value is -0.370. The van der Waals surface area contributed by atoms with Gasteiger partial charge in [0.15, 0.2) is 0 Å². The summed E-state index contributed by atoms with van der Waals surface area (Å²) in [5.41, 5.74) is 0.488. The minimum absolute atomic E-state index is 0.194. The zero-order chi connectivity index (χ0) is 15.8. The fourth-order valence-corrected chi connectivity index (χ4v) is 4.40. The fraction of sp³-hybridized carbons (Fsp3) is 0.947. The summed E-state index contributed by atoms with van der Waals surface area (Å²) in [4.78, 5) is 12.2. The van der Waals surface area contributed by atoms with Crippen molar-refractivity contribution in [2.75, 3.05) is 6.61 Å². The van der Waals surface area contributed by atoms with Crippen LogP contribution >= 0.6 is 0 Å². The van der Waals surface area contributed by atoms with E-state index in [-0.39, 0.29) is 11.5 Å². The molecular formula is C19H34O2. The van der Waals surface area contributed by atoms with Gasteiger partial charge >= 0.3 is 0 Å². The maximum absolute atomic E-state index is 12.2. The lowest BCUT2D eigenvalue weighted by atomic mass is 9.64. The minimum Gasteiger partial charge on any atom is -0.378 e. The molecule has 0 aromatic carbocycles. The van der Waals surface area contributed by atoms with Crippen LogP contribution in [-0.4, -0.2) is 18.5 Å². The molecule has 0 saturated heterocycles. The number of ketones is 1. The van der Waals surface area contributed by atoms with Gasteiger partial charge in [0.1, 0.15) is 5.78 Å². The molecule has 0 aromatic rings. The standard InChI is InChI=1S/C19H34O2/c1-13(18(3,4)5)12-21-14(2)15-9-10-16-17(20)8-7-11-19(15,16)6/h13-16H,7-12H2,1-6H3. The molecule has 0 heterocycles. The third-order valence-corrected chi connectivity index (χ3v) is 6.59. The predicted molar refractivity (Wildman–Crippen MR) is 87.2 cm³/mol. The van der Waals surface area contributed by atoms with Crippen molar-refractivity contribution in [1.29, 1.82) is 0 Å². The molecule has 21 heavy (non-hydrogen) atoms. The first kappa shape index (κ1) is 17.0. The summed E-state index contributed by atoms with van der Waals surface area (Å²) in [5, 5.41) is 0. The molecule has 0 spiro atoms. The van der Waals surface area contributed by atoms with Crippen LogP contribution in [-0.2, 0) is 9.53 Å². The minimum atomic E-state index is 0.194. The third-order valence-electron chi connectivity index (χ3n) is 6.59. The van der Waals surface area contributed by atoms with Gasteiger partial charge in [0.05, 0.1) is 6.10 Å². The quantitative estimate of drug-likeness (QED) is 0.740. The largest absolute Gasteiger partial charge is 0.378 e. The smallest absolute Gasteiger partial charge is 0.136 e. The maximum atomic E-state index is 12.2. The molecule has 0 aliphatic heterocycles. The zero-order valence-corrected chi connectivity index (χ0v) is 14.9. The van der Waals surface area contributed by atoms with Crippen molar-refractivity contribution < 1.29 is 9.53 Å². The van der Waals surface area contributed by atoms with Crippen LogP contribution in [0.5, 0.6) is 0 Å². The van der Waals surface area contributed by atoms with E-state index in [1.54, 1.807) is 0 Å². The van der Waals surface area contributed by atoms with Crippen LogP contribution in [0, 0.1) is 28.6 Å². The third kappa shape index (κ3) is 3.36. The van der Waals surface area contributed by atoms with Crippen molar-refractivity contribution in [3.05, 3.63) is 0 Å². The Kier molecular flexibility index (Phi) is 4.87. The summed E-state index contributed by atoms with van der Waals surface area (Å²) in [6.45, 7) is 14.5. The second-order valence-corrected chi connectivity index (χ2v) is 8.87. The van der Waals surface area contributed by atoms with Gasteiger partial charge in [-0.1, -0.05) is 34.6 Å². The summed E-state index contributed by atoms with van der Waals surface area (Å²) >= 11 is 0. The van der Waals surface area contributed by atoms with Crippen LogP contribution in [0.4, 0.5) is 0 Å². The van der Waals surface area contributed by atoms with Gasteiger partial charge in [0.2, 0.25) is 0 Å². The van der Waals surface area contributed by atoms with Crippen LogP contribution in [0.25, 0.3) is 0 Å². The van der Waals surface area contributed by atoms with E-state index in [0.29, 0.717) is 29.0 Å². The second kappa shape index (κ2) is 6.02. The number of carbonyl (C=O) groups excluding carboxylic acids is 1. The Bertz CT molecular complexity index is 382. The van der Waals surface area contributed by atoms with Crippen molar-refractivity contribution in [1.82, 2.24) is 0 Å². The first-order valence-corrected chi connectivity index (χ1v) is 8.80. The topological polar surface area (TPSA) is 26.3 Å². The molecule has 0 amide bonds. The van der Waals surface area contributed by atoms with Gasteiger partial charge in [0.25, 0.3) is 0 Å². The van der Waals surface area contributed by atoms with E-state index in [1.807, 2.05) is 0 Å². The van der Waals surface area contributed by atoms with Crippen molar-refractivity contribution in [2.24, 2.45) is 28.6 Å². The fourth-order valence-electron chi connectivity index (χ4n) is 4.40. The summed E-state index contributed by atoms with van der Waals surface area (Å²) in [7, 11) is 0. The van der Waals surface area contributed by atoms with Gasteiger partial charge < -0.3 is 4.74 Å². The molecule has 2 fully saturated rings. The first-order chi connectivity index (χ1) is 9.66.